The van der Waals surface area contributed by atoms with E-state index in [1.807, 2.05) is 18.2 Å². The zero-order valence-electron chi connectivity index (χ0n) is 9.75. The van der Waals surface area contributed by atoms with E-state index in [0.717, 1.165) is 25.9 Å². The number of carbonyl (C=O) groups is 1. The molecule has 1 heterocycles. The lowest BCUT2D eigenvalue weighted by atomic mass is 10.0. The van der Waals surface area contributed by atoms with Gasteiger partial charge in [-0.3, -0.25) is 4.79 Å². The van der Waals surface area contributed by atoms with Gasteiger partial charge in [-0.15, -0.1) is 0 Å². The highest BCUT2D eigenvalue weighted by Gasteiger charge is 2.29. The van der Waals surface area contributed by atoms with E-state index in [9.17, 15) is 9.90 Å². The van der Waals surface area contributed by atoms with Crippen LogP contribution in [0, 0.1) is 0 Å². The van der Waals surface area contributed by atoms with Gasteiger partial charge >= 0.3 is 0 Å². The predicted octanol–water partition coefficient (Wildman–Crippen LogP) is 0.670. The summed E-state index contributed by atoms with van der Waals surface area (Å²) in [5.74, 6) is -0.154. The molecule has 0 aliphatic carbocycles. The fraction of sp³-hybridized carbons (Fsp3) is 0.462. The van der Waals surface area contributed by atoms with Crippen molar-refractivity contribution in [3.05, 3.63) is 35.9 Å². The summed E-state index contributed by atoms with van der Waals surface area (Å²) in [5, 5.41) is 10.0. The van der Waals surface area contributed by atoms with E-state index in [2.05, 4.69) is 0 Å². The lowest BCUT2D eigenvalue weighted by Crippen LogP contribution is -2.45. The van der Waals surface area contributed by atoms with Gasteiger partial charge in [0, 0.05) is 13.1 Å². The summed E-state index contributed by atoms with van der Waals surface area (Å²) in [7, 11) is 0. The highest BCUT2D eigenvalue weighted by atomic mass is 16.3. The molecule has 3 N–H and O–H groups in total. The molecular weight excluding hydrogens is 216 g/mol. The van der Waals surface area contributed by atoms with E-state index in [-0.39, 0.29) is 5.91 Å². The molecule has 1 amide bonds. The Hall–Kier alpha value is -1.39. The van der Waals surface area contributed by atoms with Crippen LogP contribution in [0.15, 0.2) is 30.3 Å². The Kier molecular flexibility index (Phi) is 3.76. The quantitative estimate of drug-likeness (QED) is 0.807. The number of aliphatic hydroxyl groups is 1. The number of nitrogens with zero attached hydrogens (tertiary/aromatic N) is 1. The van der Waals surface area contributed by atoms with Gasteiger partial charge in [-0.05, 0) is 18.4 Å². The van der Waals surface area contributed by atoms with Gasteiger partial charge in [0.2, 0.25) is 5.91 Å². The lowest BCUT2D eigenvalue weighted by molar-refractivity contribution is -0.134. The van der Waals surface area contributed by atoms with Crippen LogP contribution in [0.3, 0.4) is 0 Å². The molecule has 92 valence electrons. The zero-order valence-corrected chi connectivity index (χ0v) is 9.75. The van der Waals surface area contributed by atoms with E-state index in [1.165, 1.54) is 0 Å². The molecule has 0 unspecified atom stereocenters. The van der Waals surface area contributed by atoms with Crippen molar-refractivity contribution in [2.75, 3.05) is 13.1 Å². The second-order valence-electron chi connectivity index (χ2n) is 4.41. The van der Waals surface area contributed by atoms with Crippen LogP contribution in [-0.2, 0) is 4.79 Å². The van der Waals surface area contributed by atoms with E-state index in [1.54, 1.807) is 17.0 Å². The van der Waals surface area contributed by atoms with Gasteiger partial charge in [0.05, 0.1) is 0 Å². The normalized spacial score (nSPS) is 19.1. The number of nitrogens with two attached hydrogens (primary N) is 1. The summed E-state index contributed by atoms with van der Waals surface area (Å²) < 4.78 is 0. The van der Waals surface area contributed by atoms with Crippen LogP contribution in [0.1, 0.15) is 24.5 Å². The summed E-state index contributed by atoms with van der Waals surface area (Å²) in [6, 6.07) is 8.21. The minimum atomic E-state index is -0.927. The molecule has 2 atom stereocenters. The maximum Gasteiger partial charge on any atom is 0.242 e. The van der Waals surface area contributed by atoms with Gasteiger partial charge in [0.1, 0.15) is 12.1 Å². The third-order valence-electron chi connectivity index (χ3n) is 3.18. The van der Waals surface area contributed by atoms with Gasteiger partial charge in [0.25, 0.3) is 0 Å². The number of hydrogen-bond acceptors (Lipinski definition) is 3. The first kappa shape index (κ1) is 12.1. The van der Waals surface area contributed by atoms with Crippen LogP contribution in [-0.4, -0.2) is 35.0 Å². The summed E-state index contributed by atoms with van der Waals surface area (Å²) in [5.41, 5.74) is 6.52. The van der Waals surface area contributed by atoms with Gasteiger partial charge < -0.3 is 15.7 Å². The molecule has 1 aliphatic rings. The molecule has 1 aromatic carbocycles. The Labute approximate surface area is 101 Å². The summed E-state index contributed by atoms with van der Waals surface area (Å²) >= 11 is 0. The number of likely N-dealkylation sites (tertiary alicyclic amines) is 1. The average molecular weight is 234 g/mol. The number of rotatable bonds is 3. The molecule has 1 fully saturated rings. The smallest absolute Gasteiger partial charge is 0.242 e. The van der Waals surface area contributed by atoms with Crippen molar-refractivity contribution < 1.29 is 9.90 Å². The minimum Gasteiger partial charge on any atom is -0.386 e. The molecule has 0 bridgehead atoms. The molecule has 17 heavy (non-hydrogen) atoms. The Morgan fingerprint density at radius 2 is 1.82 bits per heavy atom. The van der Waals surface area contributed by atoms with Crippen molar-refractivity contribution in [2.45, 2.75) is 25.0 Å². The Balaban J connectivity index is 2.04. The highest BCUT2D eigenvalue weighted by molar-refractivity contribution is 5.82. The molecule has 1 saturated heterocycles. The molecule has 0 saturated carbocycles. The van der Waals surface area contributed by atoms with E-state index in [0.29, 0.717) is 5.56 Å². The van der Waals surface area contributed by atoms with Gasteiger partial charge in [0.15, 0.2) is 0 Å². The van der Waals surface area contributed by atoms with Crippen LogP contribution < -0.4 is 5.73 Å². The van der Waals surface area contributed by atoms with Crippen molar-refractivity contribution >= 4 is 5.91 Å². The summed E-state index contributed by atoms with van der Waals surface area (Å²) in [4.78, 5) is 13.7. The van der Waals surface area contributed by atoms with E-state index >= 15 is 0 Å². The molecule has 2 rings (SSSR count). The first-order valence-electron chi connectivity index (χ1n) is 5.97. The molecule has 0 spiro atoms. The molecule has 0 aromatic heterocycles. The van der Waals surface area contributed by atoms with Crippen molar-refractivity contribution in [3.63, 3.8) is 0 Å². The third-order valence-corrected chi connectivity index (χ3v) is 3.18. The maximum absolute atomic E-state index is 12.0. The van der Waals surface area contributed by atoms with Crippen molar-refractivity contribution in [1.29, 1.82) is 0 Å². The molecule has 4 nitrogen and oxygen atoms in total. The first-order valence-corrected chi connectivity index (χ1v) is 5.97. The van der Waals surface area contributed by atoms with Crippen LogP contribution in [0.25, 0.3) is 0 Å². The summed E-state index contributed by atoms with van der Waals surface area (Å²) in [6.07, 6.45) is 1.13. The Bertz CT molecular complexity index is 374. The van der Waals surface area contributed by atoms with Crippen molar-refractivity contribution in [2.24, 2.45) is 5.73 Å². The number of hydrogen-bond donors (Lipinski definition) is 2. The van der Waals surface area contributed by atoms with Crippen LogP contribution in [0.4, 0.5) is 0 Å². The fourth-order valence-corrected chi connectivity index (χ4v) is 2.14. The third kappa shape index (κ3) is 2.65. The van der Waals surface area contributed by atoms with Gasteiger partial charge in [-0.1, -0.05) is 30.3 Å². The number of carbonyl (C=O) groups excluding carboxylic acids is 1. The van der Waals surface area contributed by atoms with E-state index in [4.69, 9.17) is 5.73 Å². The van der Waals surface area contributed by atoms with Crippen LogP contribution in [0.5, 0.6) is 0 Å². The minimum absolute atomic E-state index is 0.154. The molecule has 0 radical (unpaired) electrons. The van der Waals surface area contributed by atoms with Crippen molar-refractivity contribution in [1.82, 2.24) is 4.90 Å². The van der Waals surface area contributed by atoms with Crippen molar-refractivity contribution in [3.8, 4) is 0 Å². The Morgan fingerprint density at radius 1 is 1.24 bits per heavy atom. The topological polar surface area (TPSA) is 66.6 Å². The number of benzene rings is 1. The highest BCUT2D eigenvalue weighted by Crippen LogP contribution is 2.18. The monoisotopic (exact) mass is 234 g/mol. The van der Waals surface area contributed by atoms with Gasteiger partial charge in [-0.25, -0.2) is 0 Å². The van der Waals surface area contributed by atoms with Gasteiger partial charge in [-0.2, -0.15) is 0 Å². The van der Waals surface area contributed by atoms with E-state index < -0.39 is 12.1 Å². The fourth-order valence-electron chi connectivity index (χ4n) is 2.14. The SMILES string of the molecule is N[C@H](C(=O)N1CCCC1)[C@H](O)c1ccccc1. The largest absolute Gasteiger partial charge is 0.386 e. The average Bonchev–Trinajstić information content (AvgIpc) is 2.91. The molecule has 4 heteroatoms. The Morgan fingerprint density at radius 3 is 2.41 bits per heavy atom. The first-order chi connectivity index (χ1) is 8.20. The molecule has 1 aromatic rings. The van der Waals surface area contributed by atoms with Crippen LogP contribution >= 0.6 is 0 Å². The summed E-state index contributed by atoms with van der Waals surface area (Å²) in [6.45, 7) is 1.52. The molecule has 1 aliphatic heterocycles. The molecular formula is C13H18N2O2. The number of aliphatic hydroxyl groups excluding tert-OH is 1. The zero-order chi connectivity index (χ0) is 12.3. The standard InChI is InChI=1S/C13H18N2O2/c14-11(13(17)15-8-4-5-9-15)12(16)10-6-2-1-3-7-10/h1-3,6-7,11-12,16H,4-5,8-9,14H2/t11-,12+/m0/s1. The second kappa shape index (κ2) is 5.29. The second-order valence-corrected chi connectivity index (χ2v) is 4.41. The van der Waals surface area contributed by atoms with Crippen LogP contribution in [0.2, 0.25) is 0 Å². The lowest BCUT2D eigenvalue weighted by Gasteiger charge is -2.24. The number of amides is 1. The predicted molar refractivity (Wildman–Crippen MR) is 65.2 cm³/mol. The maximum atomic E-state index is 12.0.